The number of aryl methyl sites for hydroxylation is 1. The fraction of sp³-hybridized carbons (Fsp3) is 0.368. The van der Waals surface area contributed by atoms with Gasteiger partial charge >= 0.3 is 0 Å². The second-order valence-corrected chi connectivity index (χ2v) is 7.53. The van der Waals surface area contributed by atoms with E-state index in [4.69, 9.17) is 16.1 Å². The van der Waals surface area contributed by atoms with Crippen LogP contribution >= 0.6 is 11.6 Å². The van der Waals surface area contributed by atoms with Crippen molar-refractivity contribution >= 4 is 28.2 Å². The van der Waals surface area contributed by atoms with Crippen LogP contribution < -0.4 is 5.56 Å². The minimum absolute atomic E-state index is 0.174. The van der Waals surface area contributed by atoms with Crippen molar-refractivity contribution in [2.45, 2.75) is 44.9 Å². The number of halogens is 1. The normalized spacial score (nSPS) is 15.8. The predicted octanol–water partition coefficient (Wildman–Crippen LogP) is 4.24. The molecule has 0 unspecified atom stereocenters. The topological polar surface area (TPSA) is 89.1 Å². The molecule has 27 heavy (non-hydrogen) atoms. The Balaban J connectivity index is 1.78. The van der Waals surface area contributed by atoms with Gasteiger partial charge in [0.25, 0.3) is 11.4 Å². The van der Waals surface area contributed by atoms with Crippen LogP contribution in [0.1, 0.15) is 49.7 Å². The summed E-state index contributed by atoms with van der Waals surface area (Å²) < 4.78 is 7.20. The van der Waals surface area contributed by atoms with Crippen molar-refractivity contribution in [3.05, 3.63) is 45.4 Å². The van der Waals surface area contributed by atoms with Gasteiger partial charge in [-0.15, -0.1) is 0 Å². The van der Waals surface area contributed by atoms with E-state index in [1.54, 1.807) is 19.2 Å². The van der Waals surface area contributed by atoms with Crippen LogP contribution in [0.3, 0.4) is 0 Å². The lowest BCUT2D eigenvalue weighted by Gasteiger charge is -2.21. The third kappa shape index (κ3) is 2.65. The van der Waals surface area contributed by atoms with E-state index < -0.39 is 0 Å². The third-order valence-electron chi connectivity index (χ3n) is 5.32. The minimum atomic E-state index is -0.174. The van der Waals surface area contributed by atoms with Gasteiger partial charge in [-0.3, -0.25) is 9.20 Å². The number of fused-ring (bicyclic) bond motifs is 3. The highest BCUT2D eigenvalue weighted by molar-refractivity contribution is 6.34. The summed E-state index contributed by atoms with van der Waals surface area (Å²) >= 11 is 6.54. The first-order chi connectivity index (χ1) is 13.1. The van der Waals surface area contributed by atoms with Crippen molar-refractivity contribution in [1.29, 1.82) is 0 Å². The van der Waals surface area contributed by atoms with E-state index in [9.17, 15) is 4.79 Å². The predicted molar refractivity (Wildman–Crippen MR) is 102 cm³/mol. The summed E-state index contributed by atoms with van der Waals surface area (Å²) in [7, 11) is 0. The highest BCUT2D eigenvalue weighted by Crippen LogP contribution is 2.35. The van der Waals surface area contributed by atoms with Crippen molar-refractivity contribution in [2.75, 3.05) is 0 Å². The number of benzene rings is 1. The molecule has 1 saturated carbocycles. The van der Waals surface area contributed by atoms with Crippen LogP contribution in [0.2, 0.25) is 5.02 Å². The number of aromatic nitrogens is 5. The Bertz CT molecular complexity index is 1220. The molecule has 0 spiro atoms. The lowest BCUT2D eigenvalue weighted by Crippen LogP contribution is -2.14. The molecular formula is C19H18ClN5O2. The van der Waals surface area contributed by atoms with Gasteiger partial charge in [-0.1, -0.05) is 36.0 Å². The summed E-state index contributed by atoms with van der Waals surface area (Å²) in [4.78, 5) is 24.4. The van der Waals surface area contributed by atoms with Gasteiger partial charge in [0.15, 0.2) is 5.82 Å². The molecule has 1 aromatic carbocycles. The molecule has 1 aliphatic rings. The Morgan fingerprint density at radius 2 is 2.04 bits per heavy atom. The maximum atomic E-state index is 12.6. The summed E-state index contributed by atoms with van der Waals surface area (Å²) in [5.41, 5.74) is 2.46. The molecule has 138 valence electrons. The highest BCUT2D eigenvalue weighted by atomic mass is 35.5. The number of H-pyrrole nitrogens is 1. The van der Waals surface area contributed by atoms with Crippen molar-refractivity contribution < 1.29 is 4.52 Å². The number of hydrogen-bond acceptors (Lipinski definition) is 5. The van der Waals surface area contributed by atoms with Crippen LogP contribution in [0.15, 0.2) is 27.6 Å². The number of aromatic amines is 1. The molecule has 7 nitrogen and oxygen atoms in total. The SMILES string of the molecule is Cc1noc(-c2cc3[nH]c(=O)c4cnc(C5CCCCC5)n4c3cc2Cl)n1. The van der Waals surface area contributed by atoms with E-state index in [1.165, 1.54) is 19.3 Å². The molecule has 4 aromatic rings. The quantitative estimate of drug-likeness (QED) is 0.559. The number of nitrogens with one attached hydrogen (secondary N) is 1. The van der Waals surface area contributed by atoms with Crippen molar-refractivity contribution in [3.63, 3.8) is 0 Å². The van der Waals surface area contributed by atoms with E-state index >= 15 is 0 Å². The Morgan fingerprint density at radius 1 is 1.22 bits per heavy atom. The molecule has 1 aliphatic carbocycles. The average Bonchev–Trinajstić information content (AvgIpc) is 3.30. The molecule has 0 bridgehead atoms. The van der Waals surface area contributed by atoms with Crippen LogP contribution in [-0.4, -0.2) is 24.5 Å². The summed E-state index contributed by atoms with van der Waals surface area (Å²) in [6.45, 7) is 1.75. The van der Waals surface area contributed by atoms with Crippen LogP contribution in [0, 0.1) is 6.92 Å². The van der Waals surface area contributed by atoms with Crippen molar-refractivity contribution in [1.82, 2.24) is 24.5 Å². The maximum absolute atomic E-state index is 12.6. The van der Waals surface area contributed by atoms with Crippen LogP contribution in [0.25, 0.3) is 28.0 Å². The summed E-state index contributed by atoms with van der Waals surface area (Å²) in [6.07, 6.45) is 7.51. The van der Waals surface area contributed by atoms with Gasteiger partial charge in [-0.05, 0) is 31.9 Å². The molecule has 3 aromatic heterocycles. The zero-order chi connectivity index (χ0) is 18.5. The van der Waals surface area contributed by atoms with Crippen molar-refractivity contribution in [3.8, 4) is 11.5 Å². The summed E-state index contributed by atoms with van der Waals surface area (Å²) in [5, 5.41) is 4.31. The second-order valence-electron chi connectivity index (χ2n) is 7.12. The Labute approximate surface area is 159 Å². The molecule has 0 atom stereocenters. The average molecular weight is 384 g/mol. The van der Waals surface area contributed by atoms with Gasteiger partial charge < -0.3 is 9.51 Å². The van der Waals surface area contributed by atoms with E-state index in [2.05, 4.69) is 20.1 Å². The Kier molecular flexibility index (Phi) is 3.79. The van der Waals surface area contributed by atoms with Crippen LogP contribution in [-0.2, 0) is 0 Å². The van der Waals surface area contributed by atoms with E-state index in [0.29, 0.717) is 39.3 Å². The monoisotopic (exact) mass is 383 g/mol. The molecule has 0 aliphatic heterocycles. The molecule has 5 rings (SSSR count). The second kappa shape index (κ2) is 6.20. The van der Waals surface area contributed by atoms with E-state index in [0.717, 1.165) is 24.2 Å². The van der Waals surface area contributed by atoms with E-state index in [1.807, 2.05) is 10.5 Å². The molecule has 0 amide bonds. The Morgan fingerprint density at radius 3 is 2.78 bits per heavy atom. The lowest BCUT2D eigenvalue weighted by atomic mass is 9.89. The summed E-state index contributed by atoms with van der Waals surface area (Å²) in [5.74, 6) is 2.17. The van der Waals surface area contributed by atoms with Gasteiger partial charge in [-0.25, -0.2) is 4.98 Å². The van der Waals surface area contributed by atoms with Crippen molar-refractivity contribution in [2.24, 2.45) is 0 Å². The Hall–Kier alpha value is -2.67. The smallest absolute Gasteiger partial charge is 0.274 e. The molecular weight excluding hydrogens is 366 g/mol. The maximum Gasteiger partial charge on any atom is 0.274 e. The molecule has 1 N–H and O–H groups in total. The minimum Gasteiger partial charge on any atom is -0.334 e. The standard InChI is InChI=1S/C19H18ClN5O2/c1-10-22-19(27-24-10)12-7-14-15(8-13(12)20)25-16(18(26)23-14)9-21-17(25)11-5-3-2-4-6-11/h7-9,11H,2-6H2,1H3,(H,23,26). The molecule has 0 radical (unpaired) electrons. The first kappa shape index (κ1) is 16.5. The van der Waals surface area contributed by atoms with Crippen LogP contribution in [0.5, 0.6) is 0 Å². The number of imidazole rings is 1. The first-order valence-electron chi connectivity index (χ1n) is 9.15. The molecule has 8 heteroatoms. The van der Waals surface area contributed by atoms with Gasteiger partial charge in [0, 0.05) is 5.92 Å². The van der Waals surface area contributed by atoms with Gasteiger partial charge in [-0.2, -0.15) is 4.98 Å². The number of nitrogens with zero attached hydrogens (tertiary/aromatic N) is 4. The number of hydrogen-bond donors (Lipinski definition) is 1. The zero-order valence-electron chi connectivity index (χ0n) is 14.8. The number of rotatable bonds is 2. The highest BCUT2D eigenvalue weighted by Gasteiger charge is 2.23. The zero-order valence-corrected chi connectivity index (χ0v) is 15.6. The first-order valence-corrected chi connectivity index (χ1v) is 9.53. The van der Waals surface area contributed by atoms with E-state index in [-0.39, 0.29) is 5.56 Å². The van der Waals surface area contributed by atoms with Gasteiger partial charge in [0.1, 0.15) is 11.3 Å². The molecule has 3 heterocycles. The lowest BCUT2D eigenvalue weighted by molar-refractivity contribution is 0.425. The fourth-order valence-electron chi connectivity index (χ4n) is 4.03. The summed E-state index contributed by atoms with van der Waals surface area (Å²) in [6, 6.07) is 3.62. The van der Waals surface area contributed by atoms with Crippen LogP contribution in [0.4, 0.5) is 0 Å². The fourth-order valence-corrected chi connectivity index (χ4v) is 4.27. The van der Waals surface area contributed by atoms with Gasteiger partial charge in [0.2, 0.25) is 0 Å². The van der Waals surface area contributed by atoms with Gasteiger partial charge in [0.05, 0.1) is 27.8 Å². The molecule has 0 saturated heterocycles. The third-order valence-corrected chi connectivity index (χ3v) is 5.64. The largest absolute Gasteiger partial charge is 0.334 e. The molecule has 1 fully saturated rings.